The van der Waals surface area contributed by atoms with Crippen LogP contribution in [0, 0.1) is 11.8 Å². The van der Waals surface area contributed by atoms with E-state index in [1.807, 2.05) is 54.0 Å². The Morgan fingerprint density at radius 1 is 1.09 bits per heavy atom. The number of nitrogens with one attached hydrogen (secondary N) is 2. The zero-order valence-electron chi connectivity index (χ0n) is 20.5. The van der Waals surface area contributed by atoms with Gasteiger partial charge in [-0.2, -0.15) is 0 Å². The monoisotopic (exact) mass is 461 g/mol. The first-order valence-electron chi connectivity index (χ1n) is 10.9. The summed E-state index contributed by atoms with van der Waals surface area (Å²) in [7, 11) is 6.05. The molecule has 9 heteroatoms. The molecule has 2 amide bonds. The number of likely N-dealkylation sites (N-methyl/N-ethyl adjacent to an activating group) is 2. The van der Waals surface area contributed by atoms with Gasteiger partial charge in [0.15, 0.2) is 5.82 Å². The van der Waals surface area contributed by atoms with Crippen LogP contribution in [0.25, 0.3) is 0 Å². The number of benzene rings is 1. The van der Waals surface area contributed by atoms with Crippen molar-refractivity contribution in [1.29, 1.82) is 0 Å². The van der Waals surface area contributed by atoms with E-state index < -0.39 is 6.03 Å². The standard InChI is InChI=1S/C25H31N7O2/c1-25(2,3)21-15-22(30-34-21)29-24(33)28-20-9-7-8-18(14-20)10-11-19-16-26-17-27-23(19)32(6)13-12-31(4)5/h7-9,14-17H,12-13H2,1-6H3,(H2,28,29,30,33). The Bertz CT molecular complexity index is 1190. The Morgan fingerprint density at radius 2 is 1.88 bits per heavy atom. The lowest BCUT2D eigenvalue weighted by molar-refractivity contribution is 0.262. The van der Waals surface area contributed by atoms with Gasteiger partial charge in [0.25, 0.3) is 0 Å². The highest BCUT2D eigenvalue weighted by Gasteiger charge is 2.20. The van der Waals surface area contributed by atoms with Crippen LogP contribution in [0.15, 0.2) is 47.4 Å². The van der Waals surface area contributed by atoms with E-state index in [4.69, 9.17) is 4.52 Å². The summed E-state index contributed by atoms with van der Waals surface area (Å²) >= 11 is 0. The molecule has 0 aliphatic heterocycles. The summed E-state index contributed by atoms with van der Waals surface area (Å²) in [4.78, 5) is 25.1. The van der Waals surface area contributed by atoms with Gasteiger partial charge in [-0.3, -0.25) is 5.32 Å². The van der Waals surface area contributed by atoms with Crippen molar-refractivity contribution in [2.45, 2.75) is 26.2 Å². The third-order valence-corrected chi connectivity index (χ3v) is 4.89. The molecule has 0 aliphatic carbocycles. The number of hydrogen-bond acceptors (Lipinski definition) is 7. The van der Waals surface area contributed by atoms with Crippen LogP contribution in [0.2, 0.25) is 0 Å². The number of hydrogen-bond donors (Lipinski definition) is 2. The van der Waals surface area contributed by atoms with Crippen LogP contribution in [0.4, 0.5) is 22.1 Å². The van der Waals surface area contributed by atoms with E-state index in [1.54, 1.807) is 24.4 Å². The van der Waals surface area contributed by atoms with E-state index in [2.05, 4.69) is 47.4 Å². The largest absolute Gasteiger partial charge is 0.359 e. The minimum atomic E-state index is -0.417. The molecule has 2 aromatic heterocycles. The van der Waals surface area contributed by atoms with E-state index >= 15 is 0 Å². The number of anilines is 3. The summed E-state index contributed by atoms with van der Waals surface area (Å²) < 4.78 is 5.30. The number of aromatic nitrogens is 3. The molecule has 0 unspecified atom stereocenters. The predicted octanol–water partition coefficient (Wildman–Crippen LogP) is 3.80. The predicted molar refractivity (Wildman–Crippen MR) is 134 cm³/mol. The number of amides is 2. The van der Waals surface area contributed by atoms with Crippen LogP contribution in [-0.2, 0) is 5.41 Å². The molecule has 0 spiro atoms. The molecule has 0 aliphatic rings. The third kappa shape index (κ3) is 7.05. The molecule has 2 heterocycles. The average molecular weight is 462 g/mol. The number of carbonyl (C=O) groups excluding carboxylic acids is 1. The molecule has 0 radical (unpaired) electrons. The molecule has 9 nitrogen and oxygen atoms in total. The van der Waals surface area contributed by atoms with Crippen molar-refractivity contribution >= 4 is 23.4 Å². The summed E-state index contributed by atoms with van der Waals surface area (Å²) in [6, 6.07) is 8.60. The fourth-order valence-corrected chi connectivity index (χ4v) is 2.95. The molecule has 3 aromatic rings. The fourth-order valence-electron chi connectivity index (χ4n) is 2.95. The highest BCUT2D eigenvalue weighted by molar-refractivity contribution is 5.99. The van der Waals surface area contributed by atoms with Gasteiger partial charge in [0, 0.05) is 49.1 Å². The zero-order valence-corrected chi connectivity index (χ0v) is 20.5. The topological polar surface area (TPSA) is 99.4 Å². The Morgan fingerprint density at radius 3 is 2.59 bits per heavy atom. The second-order valence-corrected chi connectivity index (χ2v) is 9.22. The van der Waals surface area contributed by atoms with Crippen LogP contribution < -0.4 is 15.5 Å². The molecule has 0 fully saturated rings. The van der Waals surface area contributed by atoms with Crippen LogP contribution in [0.1, 0.15) is 37.7 Å². The molecule has 3 rings (SSSR count). The molecule has 0 saturated carbocycles. The SMILES string of the molecule is CN(C)CCN(C)c1ncncc1C#Cc1cccc(NC(=O)Nc2cc(C(C)(C)C)on2)c1. The summed E-state index contributed by atoms with van der Waals surface area (Å²) in [5, 5.41) is 9.38. The number of carbonyl (C=O) groups is 1. The van der Waals surface area contributed by atoms with E-state index in [0.717, 1.165) is 30.0 Å². The third-order valence-electron chi connectivity index (χ3n) is 4.89. The molecular formula is C25H31N7O2. The first-order chi connectivity index (χ1) is 16.1. The van der Waals surface area contributed by atoms with Crippen LogP contribution in [0.5, 0.6) is 0 Å². The summed E-state index contributed by atoms with van der Waals surface area (Å²) in [6.45, 7) is 7.74. The average Bonchev–Trinajstić information content (AvgIpc) is 3.25. The van der Waals surface area contributed by atoms with Gasteiger partial charge in [0.2, 0.25) is 0 Å². The minimum Gasteiger partial charge on any atom is -0.359 e. The highest BCUT2D eigenvalue weighted by Crippen LogP contribution is 2.24. The Labute approximate surface area is 200 Å². The molecule has 2 N–H and O–H groups in total. The van der Waals surface area contributed by atoms with Crippen LogP contribution in [0.3, 0.4) is 0 Å². The van der Waals surface area contributed by atoms with Gasteiger partial charge in [-0.05, 0) is 32.3 Å². The molecule has 0 saturated heterocycles. The van der Waals surface area contributed by atoms with Crippen molar-refractivity contribution in [3.63, 3.8) is 0 Å². The lowest BCUT2D eigenvalue weighted by Crippen LogP contribution is -2.29. The van der Waals surface area contributed by atoms with Crippen molar-refractivity contribution in [2.75, 3.05) is 49.8 Å². The van der Waals surface area contributed by atoms with Gasteiger partial charge in [-0.15, -0.1) is 0 Å². The van der Waals surface area contributed by atoms with E-state index in [9.17, 15) is 4.79 Å². The first-order valence-corrected chi connectivity index (χ1v) is 10.9. The maximum absolute atomic E-state index is 12.4. The summed E-state index contributed by atoms with van der Waals surface area (Å²) in [6.07, 6.45) is 3.23. The number of rotatable bonds is 6. The van der Waals surface area contributed by atoms with E-state index in [1.165, 1.54) is 6.33 Å². The minimum absolute atomic E-state index is 0.193. The van der Waals surface area contributed by atoms with Crippen molar-refractivity contribution in [3.8, 4) is 11.8 Å². The lowest BCUT2D eigenvalue weighted by Gasteiger charge is -2.21. The maximum atomic E-state index is 12.4. The van der Waals surface area contributed by atoms with Gasteiger partial charge < -0.3 is 19.6 Å². The fraction of sp³-hybridized carbons (Fsp3) is 0.360. The van der Waals surface area contributed by atoms with Gasteiger partial charge in [-0.25, -0.2) is 14.8 Å². The smallest absolute Gasteiger partial charge is 0.324 e. The van der Waals surface area contributed by atoms with Gasteiger partial charge in [0.05, 0.1) is 5.56 Å². The second kappa shape index (κ2) is 10.8. The zero-order chi connectivity index (χ0) is 24.7. The molecule has 0 atom stereocenters. The normalized spacial score (nSPS) is 11.0. The maximum Gasteiger partial charge on any atom is 0.324 e. The number of urea groups is 1. The molecular weight excluding hydrogens is 430 g/mol. The van der Waals surface area contributed by atoms with Crippen molar-refractivity contribution in [2.24, 2.45) is 0 Å². The van der Waals surface area contributed by atoms with Crippen LogP contribution >= 0.6 is 0 Å². The summed E-state index contributed by atoms with van der Waals surface area (Å²) in [5.74, 6) is 8.12. The van der Waals surface area contributed by atoms with Crippen molar-refractivity contribution in [3.05, 3.63) is 59.7 Å². The lowest BCUT2D eigenvalue weighted by atomic mass is 9.93. The second-order valence-electron chi connectivity index (χ2n) is 9.22. The molecule has 1 aromatic carbocycles. The van der Waals surface area contributed by atoms with Crippen LogP contribution in [-0.4, -0.2) is 60.3 Å². The Kier molecular flexibility index (Phi) is 7.87. The first kappa shape index (κ1) is 24.7. The molecule has 178 valence electrons. The summed E-state index contributed by atoms with van der Waals surface area (Å²) in [5.41, 5.74) is 1.90. The van der Waals surface area contributed by atoms with E-state index in [0.29, 0.717) is 17.3 Å². The van der Waals surface area contributed by atoms with Crippen molar-refractivity contribution < 1.29 is 9.32 Å². The molecule has 34 heavy (non-hydrogen) atoms. The molecule has 0 bridgehead atoms. The quantitative estimate of drug-likeness (QED) is 0.539. The Hall–Kier alpha value is -3.90. The Balaban J connectivity index is 1.68. The number of nitrogens with zero attached hydrogens (tertiary/aromatic N) is 5. The highest BCUT2D eigenvalue weighted by atomic mass is 16.5. The van der Waals surface area contributed by atoms with Crippen molar-refractivity contribution in [1.82, 2.24) is 20.0 Å². The van der Waals surface area contributed by atoms with Gasteiger partial charge in [0.1, 0.15) is 17.9 Å². The van der Waals surface area contributed by atoms with Gasteiger partial charge in [-0.1, -0.05) is 43.8 Å². The van der Waals surface area contributed by atoms with Gasteiger partial charge >= 0.3 is 6.03 Å². The van der Waals surface area contributed by atoms with E-state index in [-0.39, 0.29) is 5.41 Å².